The molecule has 31 heavy (non-hydrogen) atoms. The van der Waals surface area contributed by atoms with E-state index in [1.54, 1.807) is 19.1 Å². The third kappa shape index (κ3) is 6.99. The van der Waals surface area contributed by atoms with Crippen molar-refractivity contribution in [2.45, 2.75) is 53.0 Å². The van der Waals surface area contributed by atoms with Gasteiger partial charge in [0, 0.05) is 0 Å². The Morgan fingerprint density at radius 2 is 1.74 bits per heavy atom. The molecule has 0 radical (unpaired) electrons. The highest BCUT2D eigenvalue weighted by Crippen LogP contribution is 2.25. The molecule has 0 bridgehead atoms. The number of amides is 1. The first kappa shape index (κ1) is 24.7. The molecule has 0 fully saturated rings. The standard InChI is InChI=1S/C24H34N2O4S/c1-6-8-20-10-13-22(14-11-20)30-16-15-25-24(27)23(7-2)26(31(5,28)29)21-12-9-18(3)19(4)17-21/h9-14,17,23H,6-8,15-16H2,1-5H3,(H,25,27)/t23-/m0/s1. The molecule has 170 valence electrons. The van der Waals surface area contributed by atoms with Crippen molar-refractivity contribution in [1.82, 2.24) is 5.32 Å². The minimum Gasteiger partial charge on any atom is -0.492 e. The second kappa shape index (κ2) is 11.2. The third-order valence-corrected chi connectivity index (χ3v) is 6.39. The van der Waals surface area contributed by atoms with Gasteiger partial charge in [0.25, 0.3) is 0 Å². The number of anilines is 1. The van der Waals surface area contributed by atoms with E-state index in [2.05, 4.69) is 12.2 Å². The molecule has 0 spiro atoms. The van der Waals surface area contributed by atoms with Gasteiger partial charge in [0.15, 0.2) is 0 Å². The highest BCUT2D eigenvalue weighted by atomic mass is 32.2. The summed E-state index contributed by atoms with van der Waals surface area (Å²) in [4.78, 5) is 12.8. The van der Waals surface area contributed by atoms with Crippen molar-refractivity contribution in [2.24, 2.45) is 0 Å². The molecule has 1 atom stereocenters. The Kier molecular flexibility index (Phi) is 8.92. The smallest absolute Gasteiger partial charge is 0.244 e. The Balaban J connectivity index is 2.02. The second-order valence-electron chi connectivity index (χ2n) is 7.78. The zero-order chi connectivity index (χ0) is 23.0. The van der Waals surface area contributed by atoms with E-state index < -0.39 is 16.1 Å². The van der Waals surface area contributed by atoms with Gasteiger partial charge in [0.1, 0.15) is 18.4 Å². The van der Waals surface area contributed by atoms with E-state index in [0.717, 1.165) is 36.0 Å². The van der Waals surface area contributed by atoms with Gasteiger partial charge in [-0.3, -0.25) is 9.10 Å². The summed E-state index contributed by atoms with van der Waals surface area (Å²) >= 11 is 0. The number of benzene rings is 2. The van der Waals surface area contributed by atoms with Gasteiger partial charge >= 0.3 is 0 Å². The Hall–Kier alpha value is -2.54. The normalized spacial score (nSPS) is 12.3. The molecule has 0 unspecified atom stereocenters. The van der Waals surface area contributed by atoms with Crippen LogP contribution >= 0.6 is 0 Å². The Bertz CT molecular complexity index is 972. The topological polar surface area (TPSA) is 75.7 Å². The molecule has 1 amide bonds. The molecular formula is C24H34N2O4S. The lowest BCUT2D eigenvalue weighted by Crippen LogP contribution is -2.50. The summed E-state index contributed by atoms with van der Waals surface area (Å²) in [6, 6.07) is 12.5. The Morgan fingerprint density at radius 3 is 2.29 bits per heavy atom. The maximum Gasteiger partial charge on any atom is 0.244 e. The van der Waals surface area contributed by atoms with Crippen LogP contribution in [0.2, 0.25) is 0 Å². The van der Waals surface area contributed by atoms with Gasteiger partial charge in [-0.15, -0.1) is 0 Å². The monoisotopic (exact) mass is 446 g/mol. The molecule has 2 aromatic carbocycles. The summed E-state index contributed by atoms with van der Waals surface area (Å²) in [5.74, 6) is 0.405. The quantitative estimate of drug-likeness (QED) is 0.530. The lowest BCUT2D eigenvalue weighted by Gasteiger charge is -2.30. The molecule has 6 nitrogen and oxygen atoms in total. The lowest BCUT2D eigenvalue weighted by molar-refractivity contribution is -0.122. The predicted molar refractivity (Wildman–Crippen MR) is 126 cm³/mol. The van der Waals surface area contributed by atoms with Crippen LogP contribution < -0.4 is 14.4 Å². The fourth-order valence-electron chi connectivity index (χ4n) is 3.42. The third-order valence-electron chi connectivity index (χ3n) is 5.21. The zero-order valence-corrected chi connectivity index (χ0v) is 20.0. The number of carbonyl (C=O) groups excluding carboxylic acids is 1. The average molecular weight is 447 g/mol. The molecule has 7 heteroatoms. The molecule has 2 aromatic rings. The first-order valence-corrected chi connectivity index (χ1v) is 12.6. The van der Waals surface area contributed by atoms with Crippen molar-refractivity contribution in [3.05, 3.63) is 59.2 Å². The number of nitrogens with zero attached hydrogens (tertiary/aromatic N) is 1. The molecule has 0 aliphatic heterocycles. The van der Waals surface area contributed by atoms with Crippen LogP contribution in [0.5, 0.6) is 5.75 Å². The van der Waals surface area contributed by atoms with E-state index in [-0.39, 0.29) is 12.5 Å². The van der Waals surface area contributed by atoms with Gasteiger partial charge in [-0.1, -0.05) is 38.5 Å². The summed E-state index contributed by atoms with van der Waals surface area (Å²) < 4.78 is 32.0. The van der Waals surface area contributed by atoms with Gasteiger partial charge in [0.2, 0.25) is 15.9 Å². The summed E-state index contributed by atoms with van der Waals surface area (Å²) in [5.41, 5.74) is 3.80. The van der Waals surface area contributed by atoms with Crippen LogP contribution in [0.25, 0.3) is 0 Å². The van der Waals surface area contributed by atoms with Crippen molar-refractivity contribution in [2.75, 3.05) is 23.7 Å². The molecule has 2 rings (SSSR count). The van der Waals surface area contributed by atoms with E-state index in [1.807, 2.05) is 44.2 Å². The van der Waals surface area contributed by atoms with Crippen molar-refractivity contribution in [3.8, 4) is 5.75 Å². The number of hydrogen-bond acceptors (Lipinski definition) is 4. The summed E-state index contributed by atoms with van der Waals surface area (Å²) in [5, 5.41) is 2.81. The molecular weight excluding hydrogens is 412 g/mol. The largest absolute Gasteiger partial charge is 0.492 e. The van der Waals surface area contributed by atoms with Crippen LogP contribution in [0, 0.1) is 13.8 Å². The molecule has 0 saturated carbocycles. The van der Waals surface area contributed by atoms with Crippen molar-refractivity contribution < 1.29 is 17.9 Å². The van der Waals surface area contributed by atoms with E-state index in [1.165, 1.54) is 9.87 Å². The fourth-order valence-corrected chi connectivity index (χ4v) is 4.63. The maximum absolute atomic E-state index is 12.8. The SMILES string of the molecule is CCCc1ccc(OCCNC(=O)[C@H](CC)N(c2ccc(C)c(C)c2)S(C)(=O)=O)cc1. The van der Waals surface area contributed by atoms with Gasteiger partial charge in [-0.25, -0.2) is 8.42 Å². The van der Waals surface area contributed by atoms with Crippen LogP contribution in [0.1, 0.15) is 43.4 Å². The predicted octanol–water partition coefficient (Wildman–Crippen LogP) is 4.00. The number of aryl methyl sites for hydroxylation is 3. The molecule has 0 aromatic heterocycles. The Morgan fingerprint density at radius 1 is 1.06 bits per heavy atom. The van der Waals surface area contributed by atoms with Gasteiger partial charge < -0.3 is 10.1 Å². The van der Waals surface area contributed by atoms with Gasteiger partial charge in [-0.2, -0.15) is 0 Å². The van der Waals surface area contributed by atoms with Crippen LogP contribution in [0.3, 0.4) is 0 Å². The number of carbonyl (C=O) groups is 1. The van der Waals surface area contributed by atoms with Crippen LogP contribution in [0.15, 0.2) is 42.5 Å². The van der Waals surface area contributed by atoms with Crippen LogP contribution in [0.4, 0.5) is 5.69 Å². The summed E-state index contributed by atoms with van der Waals surface area (Å²) in [6.45, 7) is 8.42. The molecule has 0 aliphatic rings. The first-order chi connectivity index (χ1) is 14.7. The lowest BCUT2D eigenvalue weighted by atomic mass is 10.1. The minimum atomic E-state index is -3.65. The van der Waals surface area contributed by atoms with Crippen LogP contribution in [-0.4, -0.2) is 39.8 Å². The zero-order valence-electron chi connectivity index (χ0n) is 19.1. The number of sulfonamides is 1. The van der Waals surface area contributed by atoms with Gasteiger partial charge in [-0.05, 0) is 67.6 Å². The number of rotatable bonds is 11. The van der Waals surface area contributed by atoms with Crippen LogP contribution in [-0.2, 0) is 21.2 Å². The van der Waals surface area contributed by atoms with Gasteiger partial charge in [0.05, 0.1) is 18.5 Å². The fraction of sp³-hybridized carbons (Fsp3) is 0.458. The number of hydrogen-bond donors (Lipinski definition) is 1. The minimum absolute atomic E-state index is 0.288. The van der Waals surface area contributed by atoms with E-state index >= 15 is 0 Å². The number of nitrogens with one attached hydrogen (secondary N) is 1. The highest BCUT2D eigenvalue weighted by molar-refractivity contribution is 7.92. The van der Waals surface area contributed by atoms with E-state index in [9.17, 15) is 13.2 Å². The van der Waals surface area contributed by atoms with Crippen molar-refractivity contribution >= 4 is 21.6 Å². The average Bonchev–Trinajstić information content (AvgIpc) is 2.72. The molecule has 1 N–H and O–H groups in total. The van der Waals surface area contributed by atoms with Crippen molar-refractivity contribution in [1.29, 1.82) is 0 Å². The second-order valence-corrected chi connectivity index (χ2v) is 9.64. The number of ether oxygens (including phenoxy) is 1. The molecule has 0 aliphatic carbocycles. The van der Waals surface area contributed by atoms with E-state index in [4.69, 9.17) is 4.74 Å². The first-order valence-electron chi connectivity index (χ1n) is 10.7. The summed E-state index contributed by atoms with van der Waals surface area (Å²) in [7, 11) is -3.65. The Labute approximate surface area is 186 Å². The molecule has 0 saturated heterocycles. The van der Waals surface area contributed by atoms with Crippen molar-refractivity contribution in [3.63, 3.8) is 0 Å². The maximum atomic E-state index is 12.8. The highest BCUT2D eigenvalue weighted by Gasteiger charge is 2.31. The summed E-state index contributed by atoms with van der Waals surface area (Å²) in [6.07, 6.45) is 3.61. The molecule has 0 heterocycles. The van der Waals surface area contributed by atoms with E-state index in [0.29, 0.717) is 18.7 Å².